The molecular formula is C14H15ClFN3. The van der Waals surface area contributed by atoms with Crippen LogP contribution in [0.15, 0.2) is 30.7 Å². The molecule has 0 amide bonds. The maximum atomic E-state index is 14.2. The summed E-state index contributed by atoms with van der Waals surface area (Å²) in [5, 5.41) is 3.48. The van der Waals surface area contributed by atoms with E-state index in [1.165, 1.54) is 0 Å². The topological polar surface area (TPSA) is 29.9 Å². The molecule has 0 radical (unpaired) electrons. The molecule has 1 N–H and O–H groups in total. The summed E-state index contributed by atoms with van der Waals surface area (Å²) < 4.78 is 16.0. The Morgan fingerprint density at radius 3 is 3.05 bits per heavy atom. The zero-order valence-corrected chi connectivity index (χ0v) is 11.4. The number of halogens is 2. The van der Waals surface area contributed by atoms with Crippen LogP contribution in [0.2, 0.25) is 5.02 Å². The summed E-state index contributed by atoms with van der Waals surface area (Å²) in [6, 6.07) is 5.02. The second kappa shape index (κ2) is 4.62. The molecule has 1 aromatic heterocycles. The van der Waals surface area contributed by atoms with Gasteiger partial charge in [-0.1, -0.05) is 24.6 Å². The third-order valence-corrected chi connectivity index (χ3v) is 4.11. The molecule has 1 aliphatic heterocycles. The van der Waals surface area contributed by atoms with Crippen molar-refractivity contribution in [3.05, 3.63) is 47.3 Å². The van der Waals surface area contributed by atoms with Gasteiger partial charge in [-0.15, -0.1) is 0 Å². The van der Waals surface area contributed by atoms with Crippen LogP contribution in [0.3, 0.4) is 0 Å². The summed E-state index contributed by atoms with van der Waals surface area (Å²) in [6.45, 7) is 4.02. The third-order valence-electron chi connectivity index (χ3n) is 3.82. The van der Waals surface area contributed by atoms with Gasteiger partial charge < -0.3 is 5.32 Å². The Morgan fingerprint density at radius 1 is 1.47 bits per heavy atom. The minimum atomic E-state index is -0.405. The molecule has 0 aliphatic carbocycles. The van der Waals surface area contributed by atoms with Crippen LogP contribution in [0.1, 0.15) is 19.0 Å². The Morgan fingerprint density at radius 2 is 2.32 bits per heavy atom. The Hall–Kier alpha value is -1.39. The molecule has 3 rings (SSSR count). The van der Waals surface area contributed by atoms with Crippen LogP contribution >= 0.6 is 11.6 Å². The predicted molar refractivity (Wildman–Crippen MR) is 73.4 cm³/mol. The van der Waals surface area contributed by atoms with E-state index >= 15 is 0 Å². The molecule has 1 unspecified atom stereocenters. The highest BCUT2D eigenvalue weighted by Crippen LogP contribution is 2.32. The molecule has 3 nitrogen and oxygen atoms in total. The minimum absolute atomic E-state index is 0.0226. The van der Waals surface area contributed by atoms with E-state index in [-0.39, 0.29) is 10.4 Å². The van der Waals surface area contributed by atoms with Crippen molar-refractivity contribution >= 4 is 11.6 Å². The first-order valence-corrected chi connectivity index (χ1v) is 6.67. The maximum Gasteiger partial charge on any atom is 0.165 e. The molecule has 1 atom stereocenters. The van der Waals surface area contributed by atoms with Crippen molar-refractivity contribution in [3.8, 4) is 5.69 Å². The van der Waals surface area contributed by atoms with E-state index in [0.29, 0.717) is 5.69 Å². The van der Waals surface area contributed by atoms with Crippen LogP contribution in [0, 0.1) is 5.82 Å². The lowest BCUT2D eigenvalue weighted by Gasteiger charge is -2.24. The van der Waals surface area contributed by atoms with Crippen LogP contribution in [0.5, 0.6) is 0 Å². The van der Waals surface area contributed by atoms with Gasteiger partial charge in [0.2, 0.25) is 0 Å². The van der Waals surface area contributed by atoms with Crippen LogP contribution in [0.4, 0.5) is 4.39 Å². The highest BCUT2D eigenvalue weighted by Gasteiger charge is 2.34. The lowest BCUT2D eigenvalue weighted by Crippen LogP contribution is -2.27. The number of rotatable bonds is 2. The van der Waals surface area contributed by atoms with E-state index in [0.717, 1.165) is 25.2 Å². The van der Waals surface area contributed by atoms with Crippen LogP contribution < -0.4 is 5.32 Å². The highest BCUT2D eigenvalue weighted by atomic mass is 35.5. The molecule has 2 aromatic rings. The van der Waals surface area contributed by atoms with Crippen molar-refractivity contribution in [1.82, 2.24) is 14.9 Å². The van der Waals surface area contributed by atoms with Gasteiger partial charge in [0.05, 0.1) is 17.0 Å². The lowest BCUT2D eigenvalue weighted by atomic mass is 9.86. The monoisotopic (exact) mass is 279 g/mol. The molecule has 1 saturated heterocycles. The highest BCUT2D eigenvalue weighted by molar-refractivity contribution is 6.30. The van der Waals surface area contributed by atoms with E-state index in [1.807, 2.05) is 6.20 Å². The number of nitrogens with one attached hydrogen (secondary N) is 1. The van der Waals surface area contributed by atoms with Gasteiger partial charge in [0, 0.05) is 23.9 Å². The summed E-state index contributed by atoms with van der Waals surface area (Å²) >= 11 is 5.86. The molecule has 1 fully saturated rings. The van der Waals surface area contributed by atoms with E-state index in [4.69, 9.17) is 11.6 Å². The van der Waals surface area contributed by atoms with Crippen molar-refractivity contribution < 1.29 is 4.39 Å². The molecule has 1 aliphatic rings. The molecule has 19 heavy (non-hydrogen) atoms. The summed E-state index contributed by atoms with van der Waals surface area (Å²) in [5.41, 5.74) is 1.44. The third kappa shape index (κ3) is 2.05. The summed E-state index contributed by atoms with van der Waals surface area (Å²) in [5.74, 6) is -0.405. The normalized spacial score (nSPS) is 22.9. The molecule has 0 spiro atoms. The molecule has 2 heterocycles. The number of hydrogen-bond donors (Lipinski definition) is 1. The van der Waals surface area contributed by atoms with Crippen LogP contribution in [-0.2, 0) is 5.41 Å². The number of hydrogen-bond acceptors (Lipinski definition) is 2. The molecule has 0 saturated carbocycles. The Bertz CT molecular complexity index is 602. The summed E-state index contributed by atoms with van der Waals surface area (Å²) in [7, 11) is 0. The van der Waals surface area contributed by atoms with E-state index in [9.17, 15) is 4.39 Å². The Labute approximate surface area is 116 Å². The largest absolute Gasteiger partial charge is 0.316 e. The maximum absolute atomic E-state index is 14.2. The lowest BCUT2D eigenvalue weighted by molar-refractivity contribution is 0.495. The number of benzene rings is 1. The van der Waals surface area contributed by atoms with Gasteiger partial charge >= 0.3 is 0 Å². The van der Waals surface area contributed by atoms with Crippen LogP contribution in [0.25, 0.3) is 5.69 Å². The van der Waals surface area contributed by atoms with Crippen molar-refractivity contribution in [2.45, 2.75) is 18.8 Å². The van der Waals surface area contributed by atoms with E-state index < -0.39 is 5.82 Å². The zero-order chi connectivity index (χ0) is 13.5. The Balaban J connectivity index is 2.12. The average Bonchev–Trinajstić information content (AvgIpc) is 3.02. The predicted octanol–water partition coefficient (Wildman–Crippen LogP) is 2.92. The summed E-state index contributed by atoms with van der Waals surface area (Å²) in [6.07, 6.45) is 4.47. The molecule has 0 bridgehead atoms. The number of imidazole rings is 1. The first kappa shape index (κ1) is 12.6. The van der Waals surface area contributed by atoms with Crippen molar-refractivity contribution in [2.24, 2.45) is 0 Å². The van der Waals surface area contributed by atoms with Gasteiger partial charge in [-0.2, -0.15) is 0 Å². The van der Waals surface area contributed by atoms with Crippen molar-refractivity contribution in [2.75, 3.05) is 13.1 Å². The fourth-order valence-electron chi connectivity index (χ4n) is 2.65. The van der Waals surface area contributed by atoms with Gasteiger partial charge in [0.25, 0.3) is 0 Å². The minimum Gasteiger partial charge on any atom is -0.316 e. The van der Waals surface area contributed by atoms with Gasteiger partial charge in [0.1, 0.15) is 0 Å². The number of aromatic nitrogens is 2. The quantitative estimate of drug-likeness (QED) is 0.916. The zero-order valence-electron chi connectivity index (χ0n) is 10.7. The molecule has 100 valence electrons. The van der Waals surface area contributed by atoms with Gasteiger partial charge in [-0.05, 0) is 25.1 Å². The first-order valence-electron chi connectivity index (χ1n) is 6.30. The van der Waals surface area contributed by atoms with Gasteiger partial charge in [0.15, 0.2) is 5.82 Å². The van der Waals surface area contributed by atoms with Gasteiger partial charge in [-0.25, -0.2) is 9.37 Å². The SMILES string of the molecule is CC1(c2cncn2-c2cccc(Cl)c2F)CCNC1. The molecular weight excluding hydrogens is 265 g/mol. The van der Waals surface area contributed by atoms with E-state index in [2.05, 4.69) is 17.2 Å². The van der Waals surface area contributed by atoms with Gasteiger partial charge in [-0.3, -0.25) is 4.57 Å². The van der Waals surface area contributed by atoms with Crippen molar-refractivity contribution in [1.29, 1.82) is 0 Å². The Kier molecular flexibility index (Phi) is 3.07. The first-order chi connectivity index (χ1) is 9.12. The average molecular weight is 280 g/mol. The fraction of sp³-hybridized carbons (Fsp3) is 0.357. The van der Waals surface area contributed by atoms with Crippen LogP contribution in [-0.4, -0.2) is 22.6 Å². The van der Waals surface area contributed by atoms with Crippen molar-refractivity contribution in [3.63, 3.8) is 0 Å². The second-order valence-electron chi connectivity index (χ2n) is 5.21. The molecule has 5 heteroatoms. The molecule has 1 aromatic carbocycles. The number of nitrogens with zero attached hydrogens (tertiary/aromatic N) is 2. The smallest absolute Gasteiger partial charge is 0.165 e. The fourth-order valence-corrected chi connectivity index (χ4v) is 2.82. The second-order valence-corrected chi connectivity index (χ2v) is 5.62. The standard InChI is InChI=1S/C14H15ClFN3/c1-14(5-6-17-8-14)12-7-18-9-19(12)11-4-2-3-10(15)13(11)16/h2-4,7,9,17H,5-6,8H2,1H3. The summed E-state index contributed by atoms with van der Waals surface area (Å²) in [4.78, 5) is 4.18. The van der Waals surface area contributed by atoms with E-state index in [1.54, 1.807) is 29.1 Å².